The molecule has 0 amide bonds. The van der Waals surface area contributed by atoms with Crippen molar-refractivity contribution in [2.45, 2.75) is 38.8 Å². The molecule has 21 heavy (non-hydrogen) atoms. The zero-order valence-corrected chi connectivity index (χ0v) is 14.3. The minimum Gasteiger partial charge on any atom is -0.312 e. The standard InChI is InChI=1S/C16H21N3S2/c1-4-11(2)19-7-5-12(18-19)9-13(17-3)15-10-16-14(21-15)6-8-20-16/h5-8,10-11,13,17H,4,9H2,1-3H3. The van der Waals surface area contributed by atoms with Crippen LogP contribution in [-0.2, 0) is 6.42 Å². The lowest BCUT2D eigenvalue weighted by Gasteiger charge is -2.13. The molecule has 0 aliphatic carbocycles. The zero-order chi connectivity index (χ0) is 14.8. The Labute approximate surface area is 133 Å². The first-order valence-electron chi connectivity index (χ1n) is 7.39. The van der Waals surface area contributed by atoms with Crippen molar-refractivity contribution in [2.24, 2.45) is 0 Å². The van der Waals surface area contributed by atoms with Gasteiger partial charge in [-0.15, -0.1) is 22.7 Å². The van der Waals surface area contributed by atoms with Crippen LogP contribution in [0, 0.1) is 0 Å². The van der Waals surface area contributed by atoms with E-state index < -0.39 is 0 Å². The van der Waals surface area contributed by atoms with E-state index in [4.69, 9.17) is 5.10 Å². The molecular weight excluding hydrogens is 298 g/mol. The van der Waals surface area contributed by atoms with E-state index in [0.717, 1.165) is 18.5 Å². The smallest absolute Gasteiger partial charge is 0.0644 e. The molecule has 0 aliphatic heterocycles. The maximum absolute atomic E-state index is 4.72. The lowest BCUT2D eigenvalue weighted by atomic mass is 10.1. The van der Waals surface area contributed by atoms with Crippen molar-refractivity contribution < 1.29 is 0 Å². The molecular formula is C16H21N3S2. The van der Waals surface area contributed by atoms with E-state index in [-0.39, 0.29) is 0 Å². The van der Waals surface area contributed by atoms with Crippen LogP contribution in [0.5, 0.6) is 0 Å². The molecule has 0 fully saturated rings. The zero-order valence-electron chi connectivity index (χ0n) is 12.7. The number of nitrogens with one attached hydrogen (secondary N) is 1. The second-order valence-electron chi connectivity index (χ2n) is 5.39. The molecule has 112 valence electrons. The molecule has 0 saturated carbocycles. The van der Waals surface area contributed by atoms with Gasteiger partial charge in [0, 0.05) is 39.0 Å². The maximum atomic E-state index is 4.72. The molecule has 0 saturated heterocycles. The Morgan fingerprint density at radius 2 is 2.19 bits per heavy atom. The van der Waals surface area contributed by atoms with Crippen LogP contribution in [0.4, 0.5) is 0 Å². The third kappa shape index (κ3) is 3.05. The molecule has 3 rings (SSSR count). The molecule has 2 unspecified atom stereocenters. The number of nitrogens with zero attached hydrogens (tertiary/aromatic N) is 2. The molecule has 1 N–H and O–H groups in total. The van der Waals surface area contributed by atoms with Gasteiger partial charge in [0.05, 0.1) is 5.69 Å². The van der Waals surface area contributed by atoms with E-state index in [1.54, 1.807) is 0 Å². The molecule has 3 nitrogen and oxygen atoms in total. The van der Waals surface area contributed by atoms with Crippen molar-refractivity contribution in [3.05, 3.63) is 40.3 Å². The Hall–Kier alpha value is -1.17. The molecule has 0 aromatic carbocycles. The van der Waals surface area contributed by atoms with Gasteiger partial charge in [0.2, 0.25) is 0 Å². The maximum Gasteiger partial charge on any atom is 0.0644 e. The molecule has 3 heterocycles. The SMILES string of the molecule is CCC(C)n1ccc(CC(NC)c2cc3sccc3s2)n1. The summed E-state index contributed by atoms with van der Waals surface area (Å²) in [6.07, 6.45) is 4.15. The lowest BCUT2D eigenvalue weighted by Crippen LogP contribution is -2.18. The topological polar surface area (TPSA) is 29.9 Å². The Morgan fingerprint density at radius 1 is 1.33 bits per heavy atom. The Bertz CT molecular complexity index is 681. The number of hydrogen-bond donors (Lipinski definition) is 1. The van der Waals surface area contributed by atoms with Crippen LogP contribution in [0.3, 0.4) is 0 Å². The Balaban J connectivity index is 1.77. The fraction of sp³-hybridized carbons (Fsp3) is 0.438. The number of likely N-dealkylation sites (N-methyl/N-ethyl adjacent to an activating group) is 1. The first-order valence-corrected chi connectivity index (χ1v) is 9.09. The molecule has 0 radical (unpaired) electrons. The summed E-state index contributed by atoms with van der Waals surface area (Å²) in [5.74, 6) is 0. The number of thiophene rings is 2. The predicted octanol–water partition coefficient (Wildman–Crippen LogP) is 4.63. The number of fused-ring (bicyclic) bond motifs is 1. The summed E-state index contributed by atoms with van der Waals surface area (Å²) >= 11 is 3.70. The van der Waals surface area contributed by atoms with E-state index in [1.165, 1.54) is 14.3 Å². The van der Waals surface area contributed by atoms with Gasteiger partial charge in [-0.25, -0.2) is 0 Å². The van der Waals surface area contributed by atoms with Crippen LogP contribution in [0.15, 0.2) is 29.8 Å². The van der Waals surface area contributed by atoms with Gasteiger partial charge < -0.3 is 5.32 Å². The molecule has 3 aromatic heterocycles. The van der Waals surface area contributed by atoms with E-state index in [2.05, 4.69) is 53.6 Å². The Morgan fingerprint density at radius 3 is 2.90 bits per heavy atom. The minimum absolute atomic E-state index is 0.342. The van der Waals surface area contributed by atoms with E-state index in [1.807, 2.05) is 29.7 Å². The van der Waals surface area contributed by atoms with Gasteiger partial charge in [-0.05, 0) is 44.0 Å². The van der Waals surface area contributed by atoms with Gasteiger partial charge in [-0.2, -0.15) is 5.10 Å². The summed E-state index contributed by atoms with van der Waals surface area (Å²) in [6, 6.07) is 7.48. The van der Waals surface area contributed by atoms with Crippen LogP contribution in [-0.4, -0.2) is 16.8 Å². The van der Waals surface area contributed by atoms with Crippen molar-refractivity contribution in [3.63, 3.8) is 0 Å². The largest absolute Gasteiger partial charge is 0.312 e. The van der Waals surface area contributed by atoms with Gasteiger partial charge in [0.15, 0.2) is 0 Å². The summed E-state index contributed by atoms with van der Waals surface area (Å²) in [5.41, 5.74) is 1.16. The summed E-state index contributed by atoms with van der Waals surface area (Å²) in [6.45, 7) is 4.40. The number of rotatable bonds is 6. The average molecular weight is 319 g/mol. The summed E-state index contributed by atoms with van der Waals surface area (Å²) in [4.78, 5) is 1.40. The highest BCUT2D eigenvalue weighted by Crippen LogP contribution is 2.34. The molecule has 0 bridgehead atoms. The summed E-state index contributed by atoms with van der Waals surface area (Å²) in [7, 11) is 2.03. The highest BCUT2D eigenvalue weighted by atomic mass is 32.1. The van der Waals surface area contributed by atoms with Crippen molar-refractivity contribution in [2.75, 3.05) is 7.05 Å². The van der Waals surface area contributed by atoms with Gasteiger partial charge in [0.1, 0.15) is 0 Å². The van der Waals surface area contributed by atoms with Gasteiger partial charge >= 0.3 is 0 Å². The number of aromatic nitrogens is 2. The van der Waals surface area contributed by atoms with Gasteiger partial charge in [-0.3, -0.25) is 4.68 Å². The fourth-order valence-electron chi connectivity index (χ4n) is 2.43. The minimum atomic E-state index is 0.342. The van der Waals surface area contributed by atoms with Crippen LogP contribution in [0.25, 0.3) is 9.40 Å². The normalized spacial score (nSPS) is 14.6. The van der Waals surface area contributed by atoms with Crippen molar-refractivity contribution >= 4 is 32.1 Å². The first-order chi connectivity index (χ1) is 10.2. The quantitative estimate of drug-likeness (QED) is 0.717. The second-order valence-corrected chi connectivity index (χ2v) is 7.45. The van der Waals surface area contributed by atoms with Crippen LogP contribution in [0.1, 0.15) is 42.9 Å². The third-order valence-electron chi connectivity index (χ3n) is 3.97. The van der Waals surface area contributed by atoms with E-state index >= 15 is 0 Å². The van der Waals surface area contributed by atoms with E-state index in [9.17, 15) is 0 Å². The second kappa shape index (κ2) is 6.30. The molecule has 2 atom stereocenters. The predicted molar refractivity (Wildman–Crippen MR) is 92.4 cm³/mol. The van der Waals surface area contributed by atoms with Gasteiger partial charge in [-0.1, -0.05) is 6.92 Å². The first kappa shape index (κ1) is 14.8. The number of hydrogen-bond acceptors (Lipinski definition) is 4. The average Bonchev–Trinajstić information content (AvgIpc) is 3.18. The Kier molecular flexibility index (Phi) is 4.42. The van der Waals surface area contributed by atoms with Crippen LogP contribution in [0.2, 0.25) is 0 Å². The fourth-order valence-corrected chi connectivity index (χ4v) is 4.66. The summed E-state index contributed by atoms with van der Waals surface area (Å²) < 4.78 is 4.86. The third-order valence-corrected chi connectivity index (χ3v) is 6.18. The molecule has 0 aliphatic rings. The van der Waals surface area contributed by atoms with Gasteiger partial charge in [0.25, 0.3) is 0 Å². The van der Waals surface area contributed by atoms with E-state index in [0.29, 0.717) is 12.1 Å². The highest BCUT2D eigenvalue weighted by Gasteiger charge is 2.16. The molecule has 3 aromatic rings. The van der Waals surface area contributed by atoms with Crippen molar-refractivity contribution in [3.8, 4) is 0 Å². The van der Waals surface area contributed by atoms with Crippen molar-refractivity contribution in [1.82, 2.24) is 15.1 Å². The monoisotopic (exact) mass is 319 g/mol. The highest BCUT2D eigenvalue weighted by molar-refractivity contribution is 7.26. The summed E-state index contributed by atoms with van der Waals surface area (Å²) in [5, 5.41) is 10.3. The van der Waals surface area contributed by atoms with Crippen LogP contribution >= 0.6 is 22.7 Å². The lowest BCUT2D eigenvalue weighted by molar-refractivity contribution is 0.469. The molecule has 0 spiro atoms. The van der Waals surface area contributed by atoms with Crippen molar-refractivity contribution in [1.29, 1.82) is 0 Å². The molecule has 5 heteroatoms. The van der Waals surface area contributed by atoms with Crippen LogP contribution < -0.4 is 5.32 Å².